The van der Waals surface area contributed by atoms with Crippen LogP contribution in [0.1, 0.15) is 46.5 Å². The highest BCUT2D eigenvalue weighted by Crippen LogP contribution is 2.56. The van der Waals surface area contributed by atoms with Gasteiger partial charge < -0.3 is 35.0 Å². The van der Waals surface area contributed by atoms with Crippen LogP contribution >= 0.6 is 0 Å². The van der Waals surface area contributed by atoms with Crippen LogP contribution in [0.25, 0.3) is 0 Å². The van der Waals surface area contributed by atoms with Crippen LogP contribution in [0.4, 0.5) is 0 Å². The Morgan fingerprint density at radius 1 is 1.28 bits per heavy atom. The summed E-state index contributed by atoms with van der Waals surface area (Å²) in [6.45, 7) is 5.10. The van der Waals surface area contributed by atoms with E-state index in [0.29, 0.717) is 6.42 Å². The molecule has 1 saturated carbocycles. The van der Waals surface area contributed by atoms with Crippen LogP contribution in [-0.4, -0.2) is 80.8 Å². The largest absolute Gasteiger partial charge is 0.394 e. The van der Waals surface area contributed by atoms with Crippen molar-refractivity contribution in [3.63, 3.8) is 0 Å². The third kappa shape index (κ3) is 4.17. The number of aliphatic hydroxyl groups is 5. The third-order valence-corrected chi connectivity index (χ3v) is 7.43. The molecule has 1 saturated heterocycles. The maximum Gasteiger partial charge on any atom is 0.186 e. The average molecular weight is 414 g/mol. The van der Waals surface area contributed by atoms with E-state index < -0.39 is 42.9 Å². The van der Waals surface area contributed by atoms with Crippen LogP contribution in [0.15, 0.2) is 11.6 Å². The van der Waals surface area contributed by atoms with Gasteiger partial charge in [0.1, 0.15) is 24.4 Å². The lowest BCUT2D eigenvalue weighted by Crippen LogP contribution is -2.59. The van der Waals surface area contributed by atoms with Crippen molar-refractivity contribution in [2.45, 2.75) is 82.8 Å². The van der Waals surface area contributed by atoms with Crippen molar-refractivity contribution in [1.82, 2.24) is 0 Å². The van der Waals surface area contributed by atoms with Gasteiger partial charge in [-0.05, 0) is 56.4 Å². The van der Waals surface area contributed by atoms with Gasteiger partial charge in [-0.3, -0.25) is 4.79 Å². The Morgan fingerprint density at radius 3 is 2.59 bits per heavy atom. The molecule has 0 bridgehead atoms. The van der Waals surface area contributed by atoms with Crippen LogP contribution in [0.5, 0.6) is 0 Å². The molecule has 0 amide bonds. The highest BCUT2D eigenvalue weighted by atomic mass is 16.7. The van der Waals surface area contributed by atoms with Crippen molar-refractivity contribution in [2.24, 2.45) is 17.3 Å². The minimum atomic E-state index is -1.51. The van der Waals surface area contributed by atoms with Gasteiger partial charge in [0.2, 0.25) is 0 Å². The number of hydrogen-bond donors (Lipinski definition) is 5. The fraction of sp³-hybridized carbons (Fsp3) is 0.857. The molecule has 8 heteroatoms. The van der Waals surface area contributed by atoms with Gasteiger partial charge in [0.05, 0.1) is 18.8 Å². The molecule has 0 radical (unpaired) electrons. The predicted octanol–water partition coefficient (Wildman–Crippen LogP) is -0.104. The van der Waals surface area contributed by atoms with E-state index in [0.717, 1.165) is 24.8 Å². The Kier molecular flexibility index (Phi) is 6.56. The fourth-order valence-corrected chi connectivity index (χ4v) is 5.32. The van der Waals surface area contributed by atoms with Gasteiger partial charge in [-0.1, -0.05) is 12.5 Å². The van der Waals surface area contributed by atoms with Crippen molar-refractivity contribution < 1.29 is 39.8 Å². The zero-order valence-electron chi connectivity index (χ0n) is 17.3. The smallest absolute Gasteiger partial charge is 0.186 e. The van der Waals surface area contributed by atoms with E-state index in [1.165, 1.54) is 0 Å². The summed E-state index contributed by atoms with van der Waals surface area (Å²) in [6.07, 6.45) is -2.09. The SMILES string of the molecule is CC1=CC(=O)CC(C)C12CCC(C(C)(O)COC1OC(CO)C(O)C(O)C1O)C2. The lowest BCUT2D eigenvalue weighted by molar-refractivity contribution is -0.309. The number of allylic oxidation sites excluding steroid dienone is 2. The summed E-state index contributed by atoms with van der Waals surface area (Å²) >= 11 is 0. The zero-order chi connectivity index (χ0) is 21.6. The summed E-state index contributed by atoms with van der Waals surface area (Å²) in [4.78, 5) is 11.9. The number of rotatable bonds is 5. The van der Waals surface area contributed by atoms with E-state index in [4.69, 9.17) is 9.47 Å². The quantitative estimate of drug-likeness (QED) is 0.421. The number of ketones is 1. The summed E-state index contributed by atoms with van der Waals surface area (Å²) in [5.74, 6) is 0.306. The van der Waals surface area contributed by atoms with Crippen LogP contribution in [0.2, 0.25) is 0 Å². The minimum absolute atomic E-state index is 0.0635. The molecule has 0 aromatic rings. The zero-order valence-corrected chi connectivity index (χ0v) is 17.3. The van der Waals surface area contributed by atoms with Crippen molar-refractivity contribution in [2.75, 3.05) is 13.2 Å². The maximum absolute atomic E-state index is 11.9. The highest BCUT2D eigenvalue weighted by molar-refractivity contribution is 5.91. The van der Waals surface area contributed by atoms with Crippen LogP contribution < -0.4 is 0 Å². The van der Waals surface area contributed by atoms with E-state index in [1.54, 1.807) is 13.0 Å². The Bertz CT molecular complexity index is 645. The highest BCUT2D eigenvalue weighted by Gasteiger charge is 2.51. The van der Waals surface area contributed by atoms with Crippen molar-refractivity contribution in [3.8, 4) is 0 Å². The lowest BCUT2D eigenvalue weighted by atomic mass is 9.64. The molecule has 9 unspecified atom stereocenters. The second-order valence-electron chi connectivity index (χ2n) is 9.36. The van der Waals surface area contributed by atoms with Gasteiger partial charge in [-0.15, -0.1) is 0 Å². The molecule has 1 spiro atoms. The minimum Gasteiger partial charge on any atom is -0.394 e. The molecule has 29 heavy (non-hydrogen) atoms. The first-order chi connectivity index (χ1) is 13.5. The van der Waals surface area contributed by atoms with Crippen LogP contribution in [0.3, 0.4) is 0 Å². The number of hydrogen-bond acceptors (Lipinski definition) is 8. The number of carbonyl (C=O) groups excluding carboxylic acids is 1. The van der Waals surface area contributed by atoms with Gasteiger partial charge in [0, 0.05) is 6.42 Å². The normalized spacial score (nSPS) is 45.3. The fourth-order valence-electron chi connectivity index (χ4n) is 5.32. The molecular weight excluding hydrogens is 380 g/mol. The van der Waals surface area contributed by atoms with Gasteiger partial charge in [-0.2, -0.15) is 0 Å². The molecule has 0 aromatic heterocycles. The number of ether oxygens (including phenoxy) is 2. The molecule has 9 atom stereocenters. The first-order valence-electron chi connectivity index (χ1n) is 10.4. The second kappa shape index (κ2) is 8.34. The number of aliphatic hydroxyl groups excluding tert-OH is 4. The number of carbonyl (C=O) groups is 1. The Labute approximate surface area is 171 Å². The Balaban J connectivity index is 1.65. The molecule has 1 heterocycles. The van der Waals surface area contributed by atoms with Crippen molar-refractivity contribution >= 4 is 5.78 Å². The van der Waals surface area contributed by atoms with E-state index >= 15 is 0 Å². The monoisotopic (exact) mass is 414 g/mol. The van der Waals surface area contributed by atoms with Gasteiger partial charge in [0.25, 0.3) is 0 Å². The van der Waals surface area contributed by atoms with E-state index in [9.17, 15) is 30.3 Å². The molecule has 3 aliphatic rings. The van der Waals surface area contributed by atoms with Crippen LogP contribution in [-0.2, 0) is 14.3 Å². The molecule has 8 nitrogen and oxygen atoms in total. The van der Waals surface area contributed by atoms with Crippen LogP contribution in [0, 0.1) is 17.3 Å². The molecular formula is C21H34O8. The molecule has 2 fully saturated rings. The summed E-state index contributed by atoms with van der Waals surface area (Å²) in [5.41, 5.74) is -0.218. The standard InChI is InChI=1S/C21H34O8/c1-11-6-14(23)7-12(2)21(11)5-4-13(8-21)20(3,27)10-28-19-18(26)17(25)16(24)15(9-22)29-19/h6,12-13,15-19,22,24-27H,4-5,7-10H2,1-3H3. The Hall–Kier alpha value is -0.870. The van der Waals surface area contributed by atoms with E-state index in [1.807, 2.05) is 6.92 Å². The molecule has 3 rings (SSSR count). The lowest BCUT2D eigenvalue weighted by Gasteiger charge is -2.42. The van der Waals surface area contributed by atoms with E-state index in [2.05, 4.69) is 6.92 Å². The summed E-state index contributed by atoms with van der Waals surface area (Å²) < 4.78 is 11.0. The predicted molar refractivity (Wildman–Crippen MR) is 103 cm³/mol. The Morgan fingerprint density at radius 2 is 1.97 bits per heavy atom. The molecule has 1 aliphatic heterocycles. The summed E-state index contributed by atoms with van der Waals surface area (Å²) in [6, 6.07) is 0. The van der Waals surface area contributed by atoms with E-state index in [-0.39, 0.29) is 29.6 Å². The van der Waals surface area contributed by atoms with Crippen molar-refractivity contribution in [3.05, 3.63) is 11.6 Å². The molecule has 2 aliphatic carbocycles. The van der Waals surface area contributed by atoms with Crippen molar-refractivity contribution in [1.29, 1.82) is 0 Å². The first-order valence-corrected chi connectivity index (χ1v) is 10.4. The summed E-state index contributed by atoms with van der Waals surface area (Å²) in [5, 5.41) is 50.2. The molecule has 0 aromatic carbocycles. The molecule has 166 valence electrons. The van der Waals surface area contributed by atoms with Gasteiger partial charge >= 0.3 is 0 Å². The van der Waals surface area contributed by atoms with Gasteiger partial charge in [0.15, 0.2) is 12.1 Å². The third-order valence-electron chi connectivity index (χ3n) is 7.43. The first kappa shape index (κ1) is 22.8. The molecule has 5 N–H and O–H groups in total. The average Bonchev–Trinajstić information content (AvgIpc) is 3.12. The van der Waals surface area contributed by atoms with Gasteiger partial charge in [-0.25, -0.2) is 0 Å². The topological polar surface area (TPSA) is 137 Å². The second-order valence-corrected chi connectivity index (χ2v) is 9.36. The maximum atomic E-state index is 11.9. The summed E-state index contributed by atoms with van der Waals surface area (Å²) in [7, 11) is 0.